The molecule has 1 aliphatic heterocycles. The molecule has 0 aromatic carbocycles. The van der Waals surface area contributed by atoms with Gasteiger partial charge in [-0.2, -0.15) is 0 Å². The highest BCUT2D eigenvalue weighted by Gasteiger charge is 2.25. The Hall–Kier alpha value is -1.38. The van der Waals surface area contributed by atoms with E-state index in [1.165, 1.54) is 16.6 Å². The third-order valence-corrected chi connectivity index (χ3v) is 5.24. The van der Waals surface area contributed by atoms with Gasteiger partial charge < -0.3 is 9.64 Å². The van der Waals surface area contributed by atoms with E-state index in [9.17, 15) is 4.79 Å². The molecule has 2 atom stereocenters. The minimum atomic E-state index is 0.0913. The van der Waals surface area contributed by atoms with E-state index in [-0.39, 0.29) is 18.1 Å². The topological polar surface area (TPSA) is 71.1 Å². The van der Waals surface area contributed by atoms with Crippen molar-refractivity contribution in [3.05, 3.63) is 28.2 Å². The van der Waals surface area contributed by atoms with E-state index in [1.54, 1.807) is 11.3 Å². The Morgan fingerprint density at radius 1 is 1.48 bits per heavy atom. The molecular weight excluding hydrogens is 332 g/mol. The lowest BCUT2D eigenvalue weighted by molar-refractivity contribution is -0.140. The first-order chi connectivity index (χ1) is 11.1. The molecule has 1 amide bonds. The quantitative estimate of drug-likeness (QED) is 0.835. The van der Waals surface area contributed by atoms with Crippen LogP contribution < -0.4 is 0 Å². The van der Waals surface area contributed by atoms with Crippen LogP contribution in [0.1, 0.15) is 24.5 Å². The number of aromatic amines is 1. The molecule has 2 aromatic rings. The van der Waals surface area contributed by atoms with Gasteiger partial charge in [-0.25, -0.2) is 4.98 Å². The molecule has 124 valence electrons. The second-order valence-electron chi connectivity index (χ2n) is 5.67. The maximum Gasteiger partial charge on any atom is 0.233 e. The van der Waals surface area contributed by atoms with Crippen LogP contribution in [0, 0.1) is 0 Å². The van der Waals surface area contributed by atoms with E-state index in [4.69, 9.17) is 4.74 Å². The average Bonchev–Trinajstić information content (AvgIpc) is 3.16. The maximum atomic E-state index is 12.3. The van der Waals surface area contributed by atoms with Crippen LogP contribution in [-0.2, 0) is 16.0 Å². The normalized spacial score (nSPS) is 21.6. The molecule has 3 heterocycles. The summed E-state index contributed by atoms with van der Waals surface area (Å²) in [6.07, 6.45) is 0.930. The van der Waals surface area contributed by atoms with Crippen LogP contribution in [0.25, 0.3) is 0 Å². The fraction of sp³-hybridized carbons (Fsp3) is 0.533. The number of thioether (sulfide) groups is 1. The number of hydrogen-bond acceptors (Lipinski definition) is 6. The van der Waals surface area contributed by atoms with Crippen molar-refractivity contribution < 1.29 is 9.53 Å². The fourth-order valence-corrected chi connectivity index (χ4v) is 4.03. The van der Waals surface area contributed by atoms with E-state index in [2.05, 4.69) is 21.2 Å². The molecule has 2 aromatic heterocycles. The summed E-state index contributed by atoms with van der Waals surface area (Å²) in [7, 11) is 0. The van der Waals surface area contributed by atoms with Crippen LogP contribution in [0.15, 0.2) is 22.7 Å². The summed E-state index contributed by atoms with van der Waals surface area (Å²) in [5, 5.41) is 9.79. The third kappa shape index (κ3) is 4.55. The molecule has 6 nitrogen and oxygen atoms in total. The lowest BCUT2D eigenvalue weighted by Gasteiger charge is -2.35. The summed E-state index contributed by atoms with van der Waals surface area (Å²) in [6, 6.07) is 4.10. The molecule has 1 aliphatic rings. The van der Waals surface area contributed by atoms with Crippen molar-refractivity contribution in [3.8, 4) is 0 Å². The molecular formula is C15H20N4O2S2. The second-order valence-corrected chi connectivity index (χ2v) is 7.64. The molecule has 0 saturated carbocycles. The summed E-state index contributed by atoms with van der Waals surface area (Å²) >= 11 is 3.07. The smallest absolute Gasteiger partial charge is 0.233 e. The van der Waals surface area contributed by atoms with Crippen LogP contribution in [0.3, 0.4) is 0 Å². The van der Waals surface area contributed by atoms with Crippen molar-refractivity contribution in [1.82, 2.24) is 20.1 Å². The lowest BCUT2D eigenvalue weighted by Crippen LogP contribution is -2.48. The minimum absolute atomic E-state index is 0.0913. The van der Waals surface area contributed by atoms with Gasteiger partial charge in [-0.15, -0.1) is 16.4 Å². The van der Waals surface area contributed by atoms with Gasteiger partial charge in [-0.1, -0.05) is 17.8 Å². The van der Waals surface area contributed by atoms with Crippen molar-refractivity contribution in [2.24, 2.45) is 0 Å². The Morgan fingerprint density at radius 3 is 2.96 bits per heavy atom. The van der Waals surface area contributed by atoms with Crippen molar-refractivity contribution in [2.75, 3.05) is 18.8 Å². The standard InChI is InChI=1S/C15H20N4O2S2/c1-10-7-19(8-11(2)21-10)14(20)9-23-15-16-13(17-18-15)6-12-4-3-5-22-12/h3-5,10-11H,6-9H2,1-2H3,(H,16,17,18). The summed E-state index contributed by atoms with van der Waals surface area (Å²) in [5.74, 6) is 1.30. The predicted octanol–water partition coefficient (Wildman–Crippen LogP) is 2.18. The molecule has 0 spiro atoms. The molecule has 0 aliphatic carbocycles. The first kappa shape index (κ1) is 16.5. The number of aromatic nitrogens is 3. The number of carbonyl (C=O) groups excluding carboxylic acids is 1. The van der Waals surface area contributed by atoms with Gasteiger partial charge in [0.1, 0.15) is 5.82 Å². The SMILES string of the molecule is CC1CN(C(=O)CSc2n[nH]c(Cc3cccs3)n2)CC(C)O1. The Balaban J connectivity index is 1.50. The van der Waals surface area contributed by atoms with Crippen molar-refractivity contribution in [3.63, 3.8) is 0 Å². The molecule has 8 heteroatoms. The van der Waals surface area contributed by atoms with Gasteiger partial charge >= 0.3 is 0 Å². The number of carbonyl (C=O) groups is 1. The summed E-state index contributed by atoms with van der Waals surface area (Å²) < 4.78 is 5.65. The molecule has 3 rings (SSSR count). The van der Waals surface area contributed by atoms with E-state index in [0.29, 0.717) is 24.0 Å². The number of nitrogens with zero attached hydrogens (tertiary/aromatic N) is 3. The zero-order chi connectivity index (χ0) is 16.2. The molecule has 1 N–H and O–H groups in total. The first-order valence-electron chi connectivity index (χ1n) is 7.60. The zero-order valence-electron chi connectivity index (χ0n) is 13.2. The third-order valence-electron chi connectivity index (χ3n) is 3.53. The fourth-order valence-electron chi connectivity index (χ4n) is 2.60. The molecule has 0 bridgehead atoms. The molecule has 2 unspecified atom stereocenters. The predicted molar refractivity (Wildman–Crippen MR) is 90.8 cm³/mol. The molecule has 1 fully saturated rings. The number of H-pyrrole nitrogens is 1. The maximum absolute atomic E-state index is 12.3. The highest BCUT2D eigenvalue weighted by atomic mass is 32.2. The van der Waals surface area contributed by atoms with E-state index in [0.717, 1.165) is 12.2 Å². The molecule has 1 saturated heterocycles. The van der Waals surface area contributed by atoms with Crippen LogP contribution >= 0.6 is 23.1 Å². The zero-order valence-corrected chi connectivity index (χ0v) is 14.8. The van der Waals surface area contributed by atoms with Crippen LogP contribution in [0.5, 0.6) is 0 Å². The highest BCUT2D eigenvalue weighted by molar-refractivity contribution is 7.99. The first-order valence-corrected chi connectivity index (χ1v) is 9.46. The Kier molecular flexibility index (Phi) is 5.34. The average molecular weight is 352 g/mol. The van der Waals surface area contributed by atoms with Crippen molar-refractivity contribution >= 4 is 29.0 Å². The van der Waals surface area contributed by atoms with Gasteiger partial charge in [0.25, 0.3) is 0 Å². The Labute approximate surface area is 143 Å². The van der Waals surface area contributed by atoms with Gasteiger partial charge in [-0.3, -0.25) is 9.89 Å². The van der Waals surface area contributed by atoms with Crippen molar-refractivity contribution in [1.29, 1.82) is 0 Å². The number of ether oxygens (including phenoxy) is 1. The van der Waals surface area contributed by atoms with Gasteiger partial charge in [0.2, 0.25) is 11.1 Å². The van der Waals surface area contributed by atoms with E-state index >= 15 is 0 Å². The number of thiophene rings is 1. The van der Waals surface area contributed by atoms with Crippen LogP contribution in [0.2, 0.25) is 0 Å². The van der Waals surface area contributed by atoms with Crippen molar-refractivity contribution in [2.45, 2.75) is 37.6 Å². The Morgan fingerprint density at radius 2 is 2.26 bits per heavy atom. The lowest BCUT2D eigenvalue weighted by atomic mass is 10.2. The van der Waals surface area contributed by atoms with Gasteiger partial charge in [0.05, 0.1) is 18.0 Å². The summed E-state index contributed by atoms with van der Waals surface area (Å²) in [6.45, 7) is 5.30. The van der Waals surface area contributed by atoms with E-state index in [1.807, 2.05) is 30.2 Å². The monoisotopic (exact) mass is 352 g/mol. The number of nitrogens with one attached hydrogen (secondary N) is 1. The summed E-state index contributed by atoms with van der Waals surface area (Å²) in [5.41, 5.74) is 0. The largest absolute Gasteiger partial charge is 0.372 e. The summed E-state index contributed by atoms with van der Waals surface area (Å²) in [4.78, 5) is 19.9. The minimum Gasteiger partial charge on any atom is -0.372 e. The highest BCUT2D eigenvalue weighted by Crippen LogP contribution is 2.18. The Bertz CT molecular complexity index is 634. The van der Waals surface area contributed by atoms with Gasteiger partial charge in [0, 0.05) is 24.4 Å². The number of hydrogen-bond donors (Lipinski definition) is 1. The number of amides is 1. The van der Waals surface area contributed by atoms with Crippen LogP contribution in [-0.4, -0.2) is 57.0 Å². The number of morpholine rings is 1. The van der Waals surface area contributed by atoms with Crippen LogP contribution in [0.4, 0.5) is 0 Å². The molecule has 23 heavy (non-hydrogen) atoms. The second kappa shape index (κ2) is 7.46. The van der Waals surface area contributed by atoms with Gasteiger partial charge in [-0.05, 0) is 25.3 Å². The van der Waals surface area contributed by atoms with E-state index < -0.39 is 0 Å². The molecule has 0 radical (unpaired) electrons. The number of rotatable bonds is 5. The van der Waals surface area contributed by atoms with Gasteiger partial charge in [0.15, 0.2) is 0 Å².